The third-order valence-electron chi connectivity index (χ3n) is 2.39. The van der Waals surface area contributed by atoms with Crippen LogP contribution in [0.4, 0.5) is 0 Å². The average Bonchev–Trinajstić information content (AvgIpc) is 2.51. The third kappa shape index (κ3) is 28.2. The Morgan fingerprint density at radius 2 is 1.76 bits per heavy atom. The molecule has 0 radical (unpaired) electrons. The van der Waals surface area contributed by atoms with Crippen molar-refractivity contribution in [1.29, 1.82) is 0 Å². The molecule has 0 saturated carbocycles. The smallest absolute Gasteiger partial charge is 0.305 e. The number of carbonyl (C=O) groups is 2. The van der Waals surface area contributed by atoms with Crippen molar-refractivity contribution in [2.45, 2.75) is 52.4 Å². The van der Waals surface area contributed by atoms with Crippen LogP contribution in [0.5, 0.6) is 0 Å². The number of hydrogen-bond donors (Lipinski definition) is 2. The monoisotopic (exact) mass is 322 g/mol. The number of thiol groups is 1. The molecule has 21 heavy (non-hydrogen) atoms. The van der Waals surface area contributed by atoms with Gasteiger partial charge in [0.15, 0.2) is 0 Å². The zero-order valence-electron chi connectivity index (χ0n) is 14.1. The van der Waals surface area contributed by atoms with Crippen molar-refractivity contribution in [3.05, 3.63) is 0 Å². The number of ether oxygens (including phenoxy) is 1. The molecule has 0 spiro atoms. The number of hydrogen-bond acceptors (Lipinski definition) is 5. The first-order valence-corrected chi connectivity index (χ1v) is 8.47. The van der Waals surface area contributed by atoms with E-state index < -0.39 is 0 Å². The Morgan fingerprint density at radius 1 is 1.19 bits per heavy atom. The van der Waals surface area contributed by atoms with E-state index in [0.29, 0.717) is 26.0 Å². The summed E-state index contributed by atoms with van der Waals surface area (Å²) in [7, 11) is 1.69. The lowest BCUT2D eigenvalue weighted by molar-refractivity contribution is -0.144. The largest absolute Gasteiger partial charge is 0.466 e. The van der Waals surface area contributed by atoms with Gasteiger partial charge in [-0.15, -0.1) is 0 Å². The van der Waals surface area contributed by atoms with E-state index in [9.17, 15) is 9.59 Å². The Kier molecular flexibility index (Phi) is 29.2. The summed E-state index contributed by atoms with van der Waals surface area (Å²) in [4.78, 5) is 22.8. The molecule has 5 nitrogen and oxygen atoms in total. The Hall–Kier alpha value is -0.750. The molecule has 0 aliphatic heterocycles. The maximum absolute atomic E-state index is 11.1. The molecule has 0 fully saturated rings. The van der Waals surface area contributed by atoms with Gasteiger partial charge in [-0.3, -0.25) is 9.59 Å². The Labute approximate surface area is 136 Å². The van der Waals surface area contributed by atoms with E-state index in [1.165, 1.54) is 17.7 Å². The highest BCUT2D eigenvalue weighted by atomic mass is 32.1. The van der Waals surface area contributed by atoms with Gasteiger partial charge in [0.2, 0.25) is 6.41 Å². The number of unbranched alkanes of at least 4 members (excludes halogenated alkanes) is 2. The molecule has 0 bridgehead atoms. The zero-order chi connectivity index (χ0) is 16.9. The van der Waals surface area contributed by atoms with E-state index in [0.717, 1.165) is 25.8 Å². The van der Waals surface area contributed by atoms with Crippen LogP contribution in [0.1, 0.15) is 52.4 Å². The second-order valence-electron chi connectivity index (χ2n) is 4.41. The van der Waals surface area contributed by atoms with Gasteiger partial charge in [0, 0.05) is 20.0 Å². The number of amides is 1. The molecular formula is C15H34N2O3S. The van der Waals surface area contributed by atoms with Crippen LogP contribution in [0.2, 0.25) is 0 Å². The number of nitrogens with zero attached hydrogens (tertiary/aromatic N) is 1. The van der Waals surface area contributed by atoms with Crippen LogP contribution in [-0.4, -0.2) is 50.3 Å². The minimum Gasteiger partial charge on any atom is -0.466 e. The quantitative estimate of drug-likeness (QED) is 0.280. The van der Waals surface area contributed by atoms with Gasteiger partial charge in [0.05, 0.1) is 6.61 Å². The van der Waals surface area contributed by atoms with Gasteiger partial charge >= 0.3 is 5.97 Å². The SMILES string of the molecule is CCCCN.CCCCOC(=O)CCCN(C)C=O.CS. The summed E-state index contributed by atoms with van der Waals surface area (Å²) in [5.41, 5.74) is 5.14. The van der Waals surface area contributed by atoms with E-state index in [2.05, 4.69) is 19.6 Å². The van der Waals surface area contributed by atoms with Gasteiger partial charge in [-0.25, -0.2) is 0 Å². The van der Waals surface area contributed by atoms with Crippen molar-refractivity contribution < 1.29 is 14.3 Å². The molecule has 0 aliphatic rings. The fourth-order valence-electron chi connectivity index (χ4n) is 1.13. The summed E-state index contributed by atoms with van der Waals surface area (Å²) < 4.78 is 4.95. The fraction of sp³-hybridized carbons (Fsp3) is 0.867. The van der Waals surface area contributed by atoms with Crippen molar-refractivity contribution in [1.82, 2.24) is 4.90 Å². The Balaban J connectivity index is -0.000000389. The lowest BCUT2D eigenvalue weighted by Crippen LogP contribution is -2.18. The van der Waals surface area contributed by atoms with Gasteiger partial charge < -0.3 is 15.4 Å². The highest BCUT2D eigenvalue weighted by molar-refractivity contribution is 7.79. The van der Waals surface area contributed by atoms with Crippen molar-refractivity contribution in [3.8, 4) is 0 Å². The molecule has 0 atom stereocenters. The predicted octanol–water partition coefficient (Wildman–Crippen LogP) is 2.49. The normalized spacial score (nSPS) is 8.67. The highest BCUT2D eigenvalue weighted by Crippen LogP contribution is 1.96. The van der Waals surface area contributed by atoms with E-state index in [1.54, 1.807) is 13.3 Å². The molecule has 0 saturated heterocycles. The van der Waals surface area contributed by atoms with Crippen molar-refractivity contribution in [2.75, 3.05) is 33.0 Å². The highest BCUT2D eigenvalue weighted by Gasteiger charge is 2.02. The van der Waals surface area contributed by atoms with Gasteiger partial charge in [0.25, 0.3) is 0 Å². The topological polar surface area (TPSA) is 72.6 Å². The van der Waals surface area contributed by atoms with Crippen molar-refractivity contribution in [2.24, 2.45) is 5.73 Å². The van der Waals surface area contributed by atoms with E-state index in [-0.39, 0.29) is 5.97 Å². The van der Waals surface area contributed by atoms with Crippen molar-refractivity contribution >= 4 is 25.0 Å². The second kappa shape index (κ2) is 24.3. The van der Waals surface area contributed by atoms with Crippen LogP contribution in [0.3, 0.4) is 0 Å². The molecule has 128 valence electrons. The standard InChI is InChI=1S/C10H19NO3.C4H11N.CH4S/c1-3-4-8-14-10(13)6-5-7-11(2)9-12;1-2-3-4-5;1-2/h9H,3-8H2,1-2H3;2-5H2,1H3;2H,1H3. The third-order valence-corrected chi connectivity index (χ3v) is 2.39. The lowest BCUT2D eigenvalue weighted by Gasteiger charge is -2.09. The van der Waals surface area contributed by atoms with Crippen LogP contribution in [0.15, 0.2) is 0 Å². The van der Waals surface area contributed by atoms with Gasteiger partial charge in [-0.05, 0) is 32.1 Å². The van der Waals surface area contributed by atoms with Gasteiger partial charge in [0.1, 0.15) is 0 Å². The van der Waals surface area contributed by atoms with Crippen molar-refractivity contribution in [3.63, 3.8) is 0 Å². The Bertz CT molecular complexity index is 215. The minimum atomic E-state index is -0.169. The average molecular weight is 323 g/mol. The van der Waals surface area contributed by atoms with Crippen LogP contribution in [-0.2, 0) is 14.3 Å². The van der Waals surface area contributed by atoms with Crippen LogP contribution < -0.4 is 5.73 Å². The lowest BCUT2D eigenvalue weighted by atomic mass is 10.3. The molecule has 0 aromatic carbocycles. The molecule has 0 aliphatic carbocycles. The summed E-state index contributed by atoms with van der Waals surface area (Å²) in [6.45, 7) is 6.14. The van der Waals surface area contributed by atoms with E-state index >= 15 is 0 Å². The maximum atomic E-state index is 11.1. The van der Waals surface area contributed by atoms with Gasteiger partial charge in [-0.2, -0.15) is 12.6 Å². The zero-order valence-corrected chi connectivity index (χ0v) is 15.0. The van der Waals surface area contributed by atoms with Gasteiger partial charge in [-0.1, -0.05) is 26.7 Å². The minimum absolute atomic E-state index is 0.169. The molecule has 0 aromatic heterocycles. The summed E-state index contributed by atoms with van der Waals surface area (Å²) in [6.07, 6.45) is 7.84. The van der Waals surface area contributed by atoms with Crippen LogP contribution in [0, 0.1) is 0 Å². The summed E-state index contributed by atoms with van der Waals surface area (Å²) in [5, 5.41) is 0. The molecule has 0 heterocycles. The maximum Gasteiger partial charge on any atom is 0.305 e. The summed E-state index contributed by atoms with van der Waals surface area (Å²) in [6, 6.07) is 0. The first kappa shape index (κ1) is 25.2. The van der Waals surface area contributed by atoms with E-state index in [1.807, 2.05) is 6.92 Å². The summed E-state index contributed by atoms with van der Waals surface area (Å²) >= 11 is 3.53. The second-order valence-corrected chi connectivity index (χ2v) is 4.41. The predicted molar refractivity (Wildman–Crippen MR) is 92.7 cm³/mol. The summed E-state index contributed by atoms with van der Waals surface area (Å²) in [5.74, 6) is -0.169. The first-order valence-electron chi connectivity index (χ1n) is 7.58. The molecule has 2 N–H and O–H groups in total. The molecular weight excluding hydrogens is 288 g/mol. The van der Waals surface area contributed by atoms with Crippen LogP contribution in [0.25, 0.3) is 0 Å². The Morgan fingerprint density at radius 3 is 2.14 bits per heavy atom. The fourth-order valence-corrected chi connectivity index (χ4v) is 1.13. The molecule has 0 aromatic rings. The molecule has 1 amide bonds. The first-order chi connectivity index (χ1) is 10.1. The number of esters is 1. The number of carbonyl (C=O) groups excluding carboxylic acids is 2. The van der Waals surface area contributed by atoms with Crippen LogP contribution >= 0.6 is 12.6 Å². The molecule has 6 heteroatoms. The molecule has 0 rings (SSSR count). The van der Waals surface area contributed by atoms with E-state index in [4.69, 9.17) is 10.5 Å². The number of nitrogens with two attached hydrogens (primary N) is 1. The number of rotatable bonds is 10. The molecule has 0 unspecified atom stereocenters.